The molecule has 1 aromatic heterocycles. The largest absolute Gasteiger partial charge is 0.280 e. The molecule has 3 rings (SSSR count). The molecule has 0 aliphatic heterocycles. The van der Waals surface area contributed by atoms with Crippen molar-refractivity contribution in [1.82, 2.24) is 9.78 Å². The first-order chi connectivity index (χ1) is 10.9. The highest BCUT2D eigenvalue weighted by atomic mass is 32.2. The number of rotatable bonds is 4. The highest BCUT2D eigenvalue weighted by Gasteiger charge is 2.24. The van der Waals surface area contributed by atoms with Crippen molar-refractivity contribution in [3.05, 3.63) is 41.2 Å². The monoisotopic (exact) mass is 333 g/mol. The number of aromatic nitrogens is 2. The van der Waals surface area contributed by atoms with Crippen molar-refractivity contribution in [2.75, 3.05) is 4.72 Å². The summed E-state index contributed by atoms with van der Waals surface area (Å²) < 4.78 is 29.9. The fraction of sp³-hybridized carbons (Fsp3) is 0.471. The Hall–Kier alpha value is -1.82. The summed E-state index contributed by atoms with van der Waals surface area (Å²) in [5.74, 6) is 0. The van der Waals surface area contributed by atoms with Crippen molar-refractivity contribution < 1.29 is 8.42 Å². The van der Waals surface area contributed by atoms with Gasteiger partial charge in [0.2, 0.25) is 0 Å². The minimum absolute atomic E-state index is 0.266. The molecule has 1 aromatic carbocycles. The van der Waals surface area contributed by atoms with E-state index in [1.165, 1.54) is 12.8 Å². The first-order valence-corrected chi connectivity index (χ1v) is 9.51. The number of benzene rings is 1. The summed E-state index contributed by atoms with van der Waals surface area (Å²) in [5, 5.41) is 4.43. The predicted molar refractivity (Wildman–Crippen MR) is 91.2 cm³/mol. The maximum atomic E-state index is 12.7. The van der Waals surface area contributed by atoms with Crippen LogP contribution in [0.2, 0.25) is 0 Å². The molecule has 1 heterocycles. The molecule has 2 aromatic rings. The number of nitrogens with one attached hydrogen (secondary N) is 1. The van der Waals surface area contributed by atoms with Crippen molar-refractivity contribution in [2.24, 2.45) is 0 Å². The molecule has 0 saturated heterocycles. The van der Waals surface area contributed by atoms with Gasteiger partial charge >= 0.3 is 0 Å². The van der Waals surface area contributed by atoms with Gasteiger partial charge in [-0.3, -0.25) is 9.40 Å². The van der Waals surface area contributed by atoms with E-state index in [1.807, 2.05) is 30.7 Å². The molecule has 0 atom stereocenters. The lowest BCUT2D eigenvalue weighted by Crippen LogP contribution is -2.13. The molecule has 0 radical (unpaired) electrons. The lowest BCUT2D eigenvalue weighted by molar-refractivity contribution is 0.464. The third kappa shape index (κ3) is 3.27. The zero-order valence-corrected chi connectivity index (χ0v) is 14.7. The third-order valence-corrected chi connectivity index (χ3v) is 6.10. The molecule has 23 heavy (non-hydrogen) atoms. The van der Waals surface area contributed by atoms with E-state index < -0.39 is 10.0 Å². The zero-order valence-electron chi connectivity index (χ0n) is 13.8. The van der Waals surface area contributed by atoms with Gasteiger partial charge in [-0.1, -0.05) is 18.9 Å². The molecule has 1 aliphatic carbocycles. The van der Waals surface area contributed by atoms with E-state index in [1.54, 1.807) is 19.2 Å². The van der Waals surface area contributed by atoms with E-state index in [4.69, 9.17) is 0 Å². The first-order valence-electron chi connectivity index (χ1n) is 8.02. The van der Waals surface area contributed by atoms with Crippen molar-refractivity contribution in [3.8, 4) is 0 Å². The minimum Gasteiger partial charge on any atom is -0.280 e. The smallest absolute Gasteiger partial charge is 0.265 e. The molecule has 0 unspecified atom stereocenters. The Bertz CT molecular complexity index is 818. The van der Waals surface area contributed by atoms with Gasteiger partial charge in [0.1, 0.15) is 4.90 Å². The second-order valence-electron chi connectivity index (χ2n) is 6.40. The Morgan fingerprint density at radius 1 is 1.13 bits per heavy atom. The van der Waals surface area contributed by atoms with Gasteiger partial charge in [0.05, 0.1) is 11.7 Å². The summed E-state index contributed by atoms with van der Waals surface area (Å²) >= 11 is 0. The van der Waals surface area contributed by atoms with Crippen LogP contribution in [0, 0.1) is 20.8 Å². The third-order valence-electron chi connectivity index (χ3n) is 4.62. The second kappa shape index (κ2) is 6.00. The maximum absolute atomic E-state index is 12.7. The number of aryl methyl sites for hydroxylation is 3. The van der Waals surface area contributed by atoms with Gasteiger partial charge in [-0.15, -0.1) is 0 Å². The van der Waals surface area contributed by atoms with Crippen LogP contribution in [-0.4, -0.2) is 18.2 Å². The van der Waals surface area contributed by atoms with Crippen LogP contribution in [-0.2, 0) is 10.0 Å². The van der Waals surface area contributed by atoms with E-state index in [-0.39, 0.29) is 4.90 Å². The highest BCUT2D eigenvalue weighted by molar-refractivity contribution is 7.92. The Morgan fingerprint density at radius 2 is 1.83 bits per heavy atom. The average molecular weight is 333 g/mol. The molecular weight excluding hydrogens is 310 g/mol. The number of hydrogen-bond acceptors (Lipinski definition) is 3. The molecule has 1 N–H and O–H groups in total. The fourth-order valence-electron chi connectivity index (χ4n) is 3.10. The molecule has 6 heteroatoms. The summed E-state index contributed by atoms with van der Waals surface area (Å²) in [5.41, 5.74) is 3.33. The topological polar surface area (TPSA) is 64.0 Å². The fourth-order valence-corrected chi connectivity index (χ4v) is 4.32. The molecule has 1 aliphatic rings. The molecular formula is C17H23N3O2S. The summed E-state index contributed by atoms with van der Waals surface area (Å²) in [4.78, 5) is 0.266. The average Bonchev–Trinajstić information content (AvgIpc) is 3.11. The van der Waals surface area contributed by atoms with Gasteiger partial charge in [0.15, 0.2) is 0 Å². The van der Waals surface area contributed by atoms with E-state index in [2.05, 4.69) is 9.82 Å². The number of anilines is 1. The quantitative estimate of drug-likeness (QED) is 0.927. The Morgan fingerprint density at radius 3 is 2.48 bits per heavy atom. The molecule has 0 spiro atoms. The van der Waals surface area contributed by atoms with Crippen molar-refractivity contribution in [2.45, 2.75) is 57.4 Å². The van der Waals surface area contributed by atoms with Crippen LogP contribution in [0.15, 0.2) is 29.3 Å². The first kappa shape index (κ1) is 16.1. The second-order valence-corrected chi connectivity index (χ2v) is 8.05. The van der Waals surface area contributed by atoms with Gasteiger partial charge in [0, 0.05) is 11.9 Å². The lowest BCUT2D eigenvalue weighted by atomic mass is 10.1. The van der Waals surface area contributed by atoms with Crippen LogP contribution in [0.5, 0.6) is 0 Å². The van der Waals surface area contributed by atoms with E-state index in [0.29, 0.717) is 17.4 Å². The minimum atomic E-state index is -3.62. The summed E-state index contributed by atoms with van der Waals surface area (Å²) in [6, 6.07) is 5.89. The Kier molecular flexibility index (Phi) is 4.19. The van der Waals surface area contributed by atoms with Crippen molar-refractivity contribution in [3.63, 3.8) is 0 Å². The van der Waals surface area contributed by atoms with Gasteiger partial charge in [-0.2, -0.15) is 5.10 Å². The molecule has 1 saturated carbocycles. The number of sulfonamides is 1. The highest BCUT2D eigenvalue weighted by Crippen LogP contribution is 2.30. The van der Waals surface area contributed by atoms with Crippen LogP contribution < -0.4 is 4.72 Å². The molecule has 1 fully saturated rings. The van der Waals surface area contributed by atoms with Gasteiger partial charge in [-0.25, -0.2) is 8.42 Å². The number of hydrogen-bond donors (Lipinski definition) is 1. The zero-order chi connectivity index (χ0) is 16.6. The van der Waals surface area contributed by atoms with Crippen LogP contribution in [0.25, 0.3) is 0 Å². The van der Waals surface area contributed by atoms with E-state index in [0.717, 1.165) is 24.0 Å². The van der Waals surface area contributed by atoms with E-state index >= 15 is 0 Å². The van der Waals surface area contributed by atoms with Crippen LogP contribution in [0.3, 0.4) is 0 Å². The predicted octanol–water partition coefficient (Wildman–Crippen LogP) is 3.72. The lowest BCUT2D eigenvalue weighted by Gasteiger charge is -2.10. The summed E-state index contributed by atoms with van der Waals surface area (Å²) in [6.07, 6.45) is 6.20. The van der Waals surface area contributed by atoms with Gasteiger partial charge in [0.25, 0.3) is 10.0 Å². The van der Waals surface area contributed by atoms with Gasteiger partial charge < -0.3 is 0 Å². The Labute approximate surface area is 137 Å². The normalized spacial score (nSPS) is 16.0. The van der Waals surface area contributed by atoms with Crippen LogP contribution >= 0.6 is 0 Å². The summed E-state index contributed by atoms with van der Waals surface area (Å²) in [6.45, 7) is 5.72. The van der Waals surface area contributed by atoms with Crippen molar-refractivity contribution in [1.29, 1.82) is 0 Å². The molecule has 0 bridgehead atoms. The van der Waals surface area contributed by atoms with Crippen LogP contribution in [0.1, 0.15) is 48.5 Å². The van der Waals surface area contributed by atoms with Crippen LogP contribution in [0.4, 0.5) is 5.69 Å². The van der Waals surface area contributed by atoms with Crippen molar-refractivity contribution >= 4 is 15.7 Å². The van der Waals surface area contributed by atoms with Gasteiger partial charge in [-0.05, 0) is 56.9 Å². The molecule has 124 valence electrons. The Balaban J connectivity index is 1.88. The maximum Gasteiger partial charge on any atom is 0.265 e. The molecule has 5 nitrogen and oxygen atoms in total. The number of nitrogens with zero attached hydrogens (tertiary/aromatic N) is 2. The van der Waals surface area contributed by atoms with E-state index in [9.17, 15) is 8.42 Å². The molecule has 0 amide bonds. The summed E-state index contributed by atoms with van der Waals surface area (Å²) in [7, 11) is -3.62. The SMILES string of the molecule is Cc1ccc(NS(=O)(=O)c2cn(C3CCCC3)nc2C)cc1C. The standard InChI is InChI=1S/C17H23N3O2S/c1-12-8-9-15(10-13(12)2)19-23(21,22)17-11-20(18-14(17)3)16-6-4-5-7-16/h8-11,16,19H,4-7H2,1-3H3.